The molecule has 0 saturated carbocycles. The molecule has 0 aromatic carbocycles. The van der Waals surface area contributed by atoms with Crippen LogP contribution in [-0.4, -0.2) is 42.5 Å². The largest absolute Gasteiger partial charge is 0.382 e. The number of aromatic nitrogens is 1. The van der Waals surface area contributed by atoms with Crippen LogP contribution in [0.4, 0.5) is 10.9 Å². The first-order chi connectivity index (χ1) is 8.58. The van der Waals surface area contributed by atoms with Gasteiger partial charge in [-0.2, -0.15) is 11.8 Å². The molecule has 1 saturated heterocycles. The lowest BCUT2D eigenvalue weighted by Crippen LogP contribution is -2.29. The highest BCUT2D eigenvalue weighted by Crippen LogP contribution is 2.28. The van der Waals surface area contributed by atoms with E-state index in [2.05, 4.69) is 10.3 Å². The SMILES string of the molecule is CN(C)c1nc(N)c(C(=O)NCC2CCCS2)s1. The van der Waals surface area contributed by atoms with Crippen molar-refractivity contribution >= 4 is 40.0 Å². The molecule has 3 N–H and O–H groups in total. The molecule has 1 aliphatic rings. The molecular weight excluding hydrogens is 268 g/mol. The minimum Gasteiger partial charge on any atom is -0.382 e. The highest BCUT2D eigenvalue weighted by atomic mass is 32.2. The van der Waals surface area contributed by atoms with Gasteiger partial charge >= 0.3 is 0 Å². The minimum absolute atomic E-state index is 0.106. The van der Waals surface area contributed by atoms with Crippen molar-refractivity contribution in [3.8, 4) is 0 Å². The van der Waals surface area contributed by atoms with Crippen LogP contribution in [-0.2, 0) is 0 Å². The first kappa shape index (κ1) is 13.5. The Labute approximate surface area is 115 Å². The van der Waals surface area contributed by atoms with Gasteiger partial charge in [0.15, 0.2) is 5.13 Å². The summed E-state index contributed by atoms with van der Waals surface area (Å²) in [7, 11) is 3.77. The molecule has 1 atom stereocenters. The maximum absolute atomic E-state index is 12.0. The van der Waals surface area contributed by atoms with Crippen LogP contribution in [0, 0.1) is 0 Å². The summed E-state index contributed by atoms with van der Waals surface area (Å²) in [5.41, 5.74) is 5.77. The smallest absolute Gasteiger partial charge is 0.265 e. The number of thiazole rings is 1. The van der Waals surface area contributed by atoms with Crippen molar-refractivity contribution < 1.29 is 4.79 Å². The number of hydrogen-bond donors (Lipinski definition) is 2. The first-order valence-electron chi connectivity index (χ1n) is 5.91. The molecule has 100 valence electrons. The second-order valence-electron chi connectivity index (χ2n) is 4.45. The number of carbonyl (C=O) groups excluding carboxylic acids is 1. The molecule has 1 unspecified atom stereocenters. The lowest BCUT2D eigenvalue weighted by molar-refractivity contribution is 0.0958. The Kier molecular flexibility index (Phi) is 4.34. The van der Waals surface area contributed by atoms with Gasteiger partial charge in [-0.1, -0.05) is 11.3 Å². The van der Waals surface area contributed by atoms with Crippen molar-refractivity contribution in [2.24, 2.45) is 0 Å². The molecule has 0 aliphatic carbocycles. The maximum atomic E-state index is 12.0. The van der Waals surface area contributed by atoms with E-state index < -0.39 is 0 Å². The average Bonchev–Trinajstić information content (AvgIpc) is 2.94. The lowest BCUT2D eigenvalue weighted by Gasteiger charge is -2.09. The molecule has 1 aliphatic heterocycles. The summed E-state index contributed by atoms with van der Waals surface area (Å²) in [6.45, 7) is 0.720. The number of nitrogen functional groups attached to an aromatic ring is 1. The Hall–Kier alpha value is -0.950. The molecule has 2 heterocycles. The van der Waals surface area contributed by atoms with Gasteiger partial charge in [0, 0.05) is 25.9 Å². The zero-order valence-corrected chi connectivity index (χ0v) is 12.2. The van der Waals surface area contributed by atoms with E-state index in [-0.39, 0.29) is 5.91 Å². The summed E-state index contributed by atoms with van der Waals surface area (Å²) in [6, 6.07) is 0. The number of nitrogens with one attached hydrogen (secondary N) is 1. The van der Waals surface area contributed by atoms with Crippen LogP contribution in [0.25, 0.3) is 0 Å². The van der Waals surface area contributed by atoms with Gasteiger partial charge in [0.1, 0.15) is 10.7 Å². The van der Waals surface area contributed by atoms with Gasteiger partial charge in [0.25, 0.3) is 5.91 Å². The van der Waals surface area contributed by atoms with Crippen LogP contribution < -0.4 is 16.0 Å². The number of nitrogens with zero attached hydrogens (tertiary/aromatic N) is 2. The standard InChI is InChI=1S/C11H18N4OS2/c1-15(2)11-14-9(12)8(18-11)10(16)13-6-7-4-3-5-17-7/h7H,3-6,12H2,1-2H3,(H,13,16). The number of carbonyl (C=O) groups is 1. The van der Waals surface area contributed by atoms with Gasteiger partial charge in [0.05, 0.1) is 0 Å². The van der Waals surface area contributed by atoms with Crippen LogP contribution in [0.2, 0.25) is 0 Å². The fourth-order valence-electron chi connectivity index (χ4n) is 1.77. The topological polar surface area (TPSA) is 71.2 Å². The van der Waals surface area contributed by atoms with Crippen LogP contribution in [0.1, 0.15) is 22.5 Å². The van der Waals surface area contributed by atoms with E-state index in [9.17, 15) is 4.79 Å². The van der Waals surface area contributed by atoms with Crippen molar-refractivity contribution in [1.29, 1.82) is 0 Å². The third-order valence-electron chi connectivity index (χ3n) is 2.75. The van der Waals surface area contributed by atoms with E-state index in [1.807, 2.05) is 30.8 Å². The molecule has 7 heteroatoms. The quantitative estimate of drug-likeness (QED) is 0.876. The van der Waals surface area contributed by atoms with Gasteiger partial charge < -0.3 is 16.0 Å². The van der Waals surface area contributed by atoms with Crippen LogP contribution in [0.5, 0.6) is 0 Å². The summed E-state index contributed by atoms with van der Waals surface area (Å²) in [4.78, 5) is 18.5. The van der Waals surface area contributed by atoms with Crippen molar-refractivity contribution in [2.75, 3.05) is 37.0 Å². The zero-order valence-electron chi connectivity index (χ0n) is 10.6. The molecule has 0 radical (unpaired) electrons. The molecule has 1 fully saturated rings. The summed E-state index contributed by atoms with van der Waals surface area (Å²) in [5.74, 6) is 1.42. The number of nitrogens with two attached hydrogens (primary N) is 1. The second-order valence-corrected chi connectivity index (χ2v) is 6.84. The predicted molar refractivity (Wildman–Crippen MR) is 78.7 cm³/mol. The van der Waals surface area contributed by atoms with Crippen LogP contribution >= 0.6 is 23.1 Å². The van der Waals surface area contributed by atoms with E-state index in [1.54, 1.807) is 0 Å². The van der Waals surface area contributed by atoms with Gasteiger partial charge in [-0.25, -0.2) is 4.98 Å². The van der Waals surface area contributed by atoms with E-state index in [0.717, 1.165) is 11.7 Å². The molecule has 1 aromatic heterocycles. The molecule has 2 rings (SSSR count). The first-order valence-corrected chi connectivity index (χ1v) is 7.78. The Morgan fingerprint density at radius 3 is 2.94 bits per heavy atom. The van der Waals surface area contributed by atoms with Gasteiger partial charge in [0.2, 0.25) is 0 Å². The second kappa shape index (κ2) is 5.79. The maximum Gasteiger partial charge on any atom is 0.265 e. The molecule has 5 nitrogen and oxygen atoms in total. The molecule has 0 spiro atoms. The van der Waals surface area contributed by atoms with Gasteiger partial charge in [-0.05, 0) is 18.6 Å². The Bertz CT molecular complexity index is 427. The van der Waals surface area contributed by atoms with Gasteiger partial charge in [-0.3, -0.25) is 4.79 Å². The summed E-state index contributed by atoms with van der Waals surface area (Å²) >= 11 is 3.26. The Morgan fingerprint density at radius 1 is 1.61 bits per heavy atom. The van der Waals surface area contributed by atoms with E-state index >= 15 is 0 Å². The number of thioether (sulfide) groups is 1. The van der Waals surface area contributed by atoms with E-state index in [1.165, 1.54) is 29.9 Å². The highest BCUT2D eigenvalue weighted by molar-refractivity contribution is 8.00. The van der Waals surface area contributed by atoms with Crippen molar-refractivity contribution in [1.82, 2.24) is 10.3 Å². The third kappa shape index (κ3) is 3.08. The van der Waals surface area contributed by atoms with Crippen LogP contribution in [0.15, 0.2) is 0 Å². The van der Waals surface area contributed by atoms with E-state index in [0.29, 0.717) is 15.9 Å². The molecule has 0 bridgehead atoms. The fraction of sp³-hybridized carbons (Fsp3) is 0.636. The average molecular weight is 286 g/mol. The number of amides is 1. The monoisotopic (exact) mass is 286 g/mol. The van der Waals surface area contributed by atoms with Crippen molar-refractivity contribution in [2.45, 2.75) is 18.1 Å². The number of hydrogen-bond acceptors (Lipinski definition) is 6. The summed E-state index contributed by atoms with van der Waals surface area (Å²) in [5, 5.41) is 4.26. The molecule has 1 amide bonds. The number of anilines is 2. The number of rotatable bonds is 4. The normalized spacial score (nSPS) is 18.9. The summed E-state index contributed by atoms with van der Waals surface area (Å²) in [6.07, 6.45) is 2.44. The third-order valence-corrected chi connectivity index (χ3v) is 5.38. The summed E-state index contributed by atoms with van der Waals surface area (Å²) < 4.78 is 0. The highest BCUT2D eigenvalue weighted by Gasteiger charge is 2.20. The predicted octanol–water partition coefficient (Wildman–Crippen LogP) is 1.42. The molecule has 18 heavy (non-hydrogen) atoms. The van der Waals surface area contributed by atoms with Gasteiger partial charge in [-0.15, -0.1) is 0 Å². The van der Waals surface area contributed by atoms with Crippen LogP contribution in [0.3, 0.4) is 0 Å². The minimum atomic E-state index is -0.106. The Balaban J connectivity index is 1.95. The zero-order chi connectivity index (χ0) is 13.1. The Morgan fingerprint density at radius 2 is 2.39 bits per heavy atom. The fourth-order valence-corrected chi connectivity index (χ4v) is 3.79. The van der Waals surface area contributed by atoms with Crippen molar-refractivity contribution in [3.05, 3.63) is 4.88 Å². The molecule has 1 aromatic rings. The lowest BCUT2D eigenvalue weighted by atomic mass is 10.2. The molecular formula is C11H18N4OS2. The van der Waals surface area contributed by atoms with E-state index in [4.69, 9.17) is 5.73 Å². The van der Waals surface area contributed by atoms with Crippen molar-refractivity contribution in [3.63, 3.8) is 0 Å².